The van der Waals surface area contributed by atoms with Crippen molar-refractivity contribution < 1.29 is 52.1 Å². The number of unbranched alkanes of at least 4 members (excludes halogenated alkanes) is 28. The van der Waals surface area contributed by atoms with Crippen molar-refractivity contribution in [3.8, 4) is 0 Å². The topological polar surface area (TPSA) is 115 Å². The minimum absolute atomic E-state index is 0. The van der Waals surface area contributed by atoms with E-state index < -0.39 is 15.0 Å². The molecule has 0 atom stereocenters. The molecule has 2 N–H and O–H groups in total. The summed E-state index contributed by atoms with van der Waals surface area (Å²) in [4.78, 5) is 24.5. The molecule has 0 spiro atoms. The fraction of sp³-hybridized carbons (Fsp3) is 0.810. The number of amides is 2. The molecule has 0 radical (unpaired) electrons. The molecule has 0 bridgehead atoms. The second-order valence-corrected chi connectivity index (χ2v) is 16.0. The van der Waals surface area contributed by atoms with Crippen LogP contribution in [-0.4, -0.2) is 24.8 Å². The van der Waals surface area contributed by atoms with E-state index in [1.807, 2.05) is 0 Å². The first-order valence-corrected chi connectivity index (χ1v) is 22.4. The smallest absolute Gasteiger partial charge is 0.744 e. The zero-order chi connectivity index (χ0) is 36.5. The molecule has 0 saturated carbocycles. The van der Waals surface area contributed by atoms with Crippen molar-refractivity contribution in [1.29, 1.82) is 0 Å². The van der Waals surface area contributed by atoms with Gasteiger partial charge in [-0.25, -0.2) is 8.42 Å². The van der Waals surface area contributed by atoms with Gasteiger partial charge in [-0.1, -0.05) is 194 Å². The van der Waals surface area contributed by atoms with Crippen molar-refractivity contribution >= 4 is 33.3 Å². The molecule has 0 heterocycles. The molecule has 0 unspecified atom stereocenters. The Morgan fingerprint density at radius 1 is 0.490 bits per heavy atom. The molecule has 0 aliphatic carbocycles. The molecule has 7 nitrogen and oxygen atoms in total. The average Bonchev–Trinajstić information content (AvgIpc) is 3.08. The summed E-state index contributed by atoms with van der Waals surface area (Å²) in [6.45, 7) is 4.51. The van der Waals surface area contributed by atoms with E-state index >= 15 is 0 Å². The van der Waals surface area contributed by atoms with E-state index in [9.17, 15) is 22.6 Å². The number of hydrogen-bond donors (Lipinski definition) is 2. The Morgan fingerprint density at radius 2 is 0.784 bits per heavy atom. The maximum atomic E-state index is 12.5. The molecule has 0 aliphatic rings. The maximum absolute atomic E-state index is 12.5. The first kappa shape index (κ1) is 50.1. The quantitative estimate of drug-likeness (QED) is 0.0408. The third-order valence-corrected chi connectivity index (χ3v) is 10.7. The summed E-state index contributed by atoms with van der Waals surface area (Å²) in [6.07, 6.45) is 38.1. The Labute approximate surface area is 336 Å². The third kappa shape index (κ3) is 30.1. The van der Waals surface area contributed by atoms with Gasteiger partial charge in [-0.3, -0.25) is 9.59 Å². The number of carbonyl (C=O) groups is 2. The fourth-order valence-corrected chi connectivity index (χ4v) is 7.32. The van der Waals surface area contributed by atoms with Crippen LogP contribution in [0, 0.1) is 0 Å². The molecule has 2 amide bonds. The number of carbonyl (C=O) groups excluding carboxylic acids is 2. The molecular formula is C42H75N2NaO5S. The molecule has 1 rings (SSSR count). The van der Waals surface area contributed by atoms with Gasteiger partial charge < -0.3 is 15.2 Å². The van der Waals surface area contributed by atoms with E-state index in [1.54, 1.807) is 0 Å². The summed E-state index contributed by atoms with van der Waals surface area (Å²) in [5, 5.41) is 5.31. The second-order valence-electron chi connectivity index (χ2n) is 14.7. The average molecular weight is 743 g/mol. The minimum Gasteiger partial charge on any atom is -0.744 e. The summed E-state index contributed by atoms with van der Waals surface area (Å²) < 4.78 is 36.0. The third-order valence-electron chi connectivity index (χ3n) is 9.82. The van der Waals surface area contributed by atoms with Crippen LogP contribution in [-0.2, 0) is 19.7 Å². The van der Waals surface area contributed by atoms with Gasteiger partial charge in [0.1, 0.15) is 10.1 Å². The largest absolute Gasteiger partial charge is 1.00 e. The van der Waals surface area contributed by atoms with Crippen LogP contribution in [0.5, 0.6) is 0 Å². The van der Waals surface area contributed by atoms with Gasteiger partial charge in [0.2, 0.25) is 11.8 Å². The summed E-state index contributed by atoms with van der Waals surface area (Å²) in [7, 11) is -4.85. The molecule has 51 heavy (non-hydrogen) atoms. The summed E-state index contributed by atoms with van der Waals surface area (Å²) in [6, 6.07) is 4.07. The number of hydrogen-bond acceptors (Lipinski definition) is 5. The Balaban J connectivity index is 0.0000250. The normalized spacial score (nSPS) is 11.4. The van der Waals surface area contributed by atoms with Crippen LogP contribution < -0.4 is 40.2 Å². The molecule has 1 aromatic rings. The molecule has 0 aromatic heterocycles. The van der Waals surface area contributed by atoms with Crippen LogP contribution in [0.3, 0.4) is 0 Å². The predicted molar refractivity (Wildman–Crippen MR) is 211 cm³/mol. The number of benzene rings is 1. The number of anilines is 2. The van der Waals surface area contributed by atoms with Crippen LogP contribution in [0.15, 0.2) is 23.1 Å². The standard InChI is InChI=1S/C42H76N2O5S.Na/c1-3-5-7-9-11-13-15-17-19-21-23-25-27-29-31-33-41(45)43-38-35-36-39(40(37-38)50(47,48)49)44-42(46)34-32-30-28-26-24-22-20-18-16-14-12-10-8-6-4-2;/h35-37H,3-34H2,1-2H3,(H,43,45)(H,44,46)(H,47,48,49);/q;+1/p-1. The van der Waals surface area contributed by atoms with Crippen LogP contribution in [0.1, 0.15) is 219 Å². The van der Waals surface area contributed by atoms with E-state index in [-0.39, 0.29) is 59.2 Å². The number of nitrogens with one attached hydrogen (secondary N) is 2. The molecule has 1 aromatic carbocycles. The Morgan fingerprint density at radius 3 is 1.10 bits per heavy atom. The van der Waals surface area contributed by atoms with Crippen molar-refractivity contribution in [3.63, 3.8) is 0 Å². The van der Waals surface area contributed by atoms with Gasteiger partial charge in [-0.2, -0.15) is 0 Å². The zero-order valence-electron chi connectivity index (χ0n) is 33.3. The van der Waals surface area contributed by atoms with E-state index in [1.165, 1.54) is 166 Å². The molecule has 290 valence electrons. The molecule has 9 heteroatoms. The predicted octanol–water partition coefficient (Wildman–Crippen LogP) is 9.99. The monoisotopic (exact) mass is 743 g/mol. The van der Waals surface area contributed by atoms with Crippen molar-refractivity contribution in [3.05, 3.63) is 18.2 Å². The van der Waals surface area contributed by atoms with Crippen LogP contribution in [0.25, 0.3) is 0 Å². The Kier molecular flexibility index (Phi) is 34.2. The zero-order valence-corrected chi connectivity index (χ0v) is 36.1. The van der Waals surface area contributed by atoms with Crippen LogP contribution >= 0.6 is 0 Å². The van der Waals surface area contributed by atoms with Crippen molar-refractivity contribution in [2.24, 2.45) is 0 Å². The van der Waals surface area contributed by atoms with Gasteiger partial charge in [0.25, 0.3) is 0 Å². The van der Waals surface area contributed by atoms with Gasteiger partial charge in [0.05, 0.1) is 10.6 Å². The van der Waals surface area contributed by atoms with Gasteiger partial charge in [0, 0.05) is 18.5 Å². The maximum Gasteiger partial charge on any atom is 1.00 e. The first-order valence-electron chi connectivity index (χ1n) is 21.0. The van der Waals surface area contributed by atoms with Crippen LogP contribution in [0.4, 0.5) is 11.4 Å². The van der Waals surface area contributed by atoms with E-state index in [0.717, 1.165) is 44.6 Å². The molecule has 0 aliphatic heterocycles. The minimum atomic E-state index is -4.85. The molecule has 0 saturated heterocycles. The number of rotatable bonds is 35. The van der Waals surface area contributed by atoms with Crippen molar-refractivity contribution in [1.82, 2.24) is 0 Å². The van der Waals surface area contributed by atoms with Crippen molar-refractivity contribution in [2.75, 3.05) is 10.6 Å². The van der Waals surface area contributed by atoms with Gasteiger partial charge in [0.15, 0.2) is 0 Å². The van der Waals surface area contributed by atoms with E-state index in [2.05, 4.69) is 24.5 Å². The SMILES string of the molecule is CCCCCCCCCCCCCCCCCC(=O)Nc1ccc(NC(=O)CCCCCCCCCCCCCCCCC)c(S(=O)(=O)[O-])c1.[Na+]. The summed E-state index contributed by atoms with van der Waals surface area (Å²) in [5.74, 6) is -0.520. The van der Waals surface area contributed by atoms with Gasteiger partial charge >= 0.3 is 29.6 Å². The molecular weight excluding hydrogens is 668 g/mol. The van der Waals surface area contributed by atoms with Gasteiger partial charge in [-0.15, -0.1) is 0 Å². The second kappa shape index (κ2) is 34.8. The Hall–Kier alpha value is -0.930. The van der Waals surface area contributed by atoms with E-state index in [4.69, 9.17) is 0 Å². The fourth-order valence-electron chi connectivity index (χ4n) is 6.66. The summed E-state index contributed by atoms with van der Waals surface area (Å²) >= 11 is 0. The molecule has 0 fully saturated rings. The van der Waals surface area contributed by atoms with Crippen LogP contribution in [0.2, 0.25) is 0 Å². The van der Waals surface area contributed by atoms with Crippen molar-refractivity contribution in [2.45, 2.75) is 224 Å². The first-order chi connectivity index (χ1) is 24.3. The van der Waals surface area contributed by atoms with Gasteiger partial charge in [-0.05, 0) is 31.0 Å². The summed E-state index contributed by atoms with van der Waals surface area (Å²) in [5.41, 5.74) is 0.206. The Bertz CT molecular complexity index is 1100. The van der Waals surface area contributed by atoms with E-state index in [0.29, 0.717) is 6.42 Å².